The van der Waals surface area contributed by atoms with E-state index in [1.165, 1.54) is 0 Å². The third-order valence-corrected chi connectivity index (χ3v) is 4.56. The van der Waals surface area contributed by atoms with E-state index in [1.807, 2.05) is 0 Å². The first kappa shape index (κ1) is 18.4. The third-order valence-electron chi connectivity index (χ3n) is 3.82. The van der Waals surface area contributed by atoms with E-state index in [0.717, 1.165) is 12.8 Å². The molecule has 1 aromatic rings. The minimum Gasteiger partial charge on any atom is -0.433 e. The highest BCUT2D eigenvalue weighted by Crippen LogP contribution is 2.33. The van der Waals surface area contributed by atoms with Crippen LogP contribution in [0.3, 0.4) is 0 Å². The van der Waals surface area contributed by atoms with Crippen LogP contribution >= 0.6 is 23.2 Å². The van der Waals surface area contributed by atoms with E-state index >= 15 is 0 Å². The number of amides is 2. The molecule has 0 aromatic heterocycles. The van der Waals surface area contributed by atoms with Crippen LogP contribution in [0, 0.1) is 11.8 Å². The molecular weight excluding hydrogens is 351 g/mol. The zero-order valence-corrected chi connectivity index (χ0v) is 14.7. The molecule has 1 aliphatic carbocycles. The molecule has 2 amide bonds. The molecule has 1 aromatic carbocycles. The highest BCUT2D eigenvalue weighted by molar-refractivity contribution is 6.42. The van der Waals surface area contributed by atoms with Crippen LogP contribution in [0.5, 0.6) is 0 Å². The van der Waals surface area contributed by atoms with Gasteiger partial charge in [0.1, 0.15) is 0 Å². The number of carbonyl (C=O) groups is 2. The average molecular weight is 369 g/mol. The van der Waals surface area contributed by atoms with Crippen LogP contribution in [0.15, 0.2) is 18.2 Å². The summed E-state index contributed by atoms with van der Waals surface area (Å²) >= 11 is 11.8. The summed E-state index contributed by atoms with van der Waals surface area (Å²) in [5.74, 6) is 5.47. The van der Waals surface area contributed by atoms with Crippen LogP contribution in [0.2, 0.25) is 10.0 Å². The Bertz CT molecular complexity index is 704. The summed E-state index contributed by atoms with van der Waals surface area (Å²) in [6, 6.07) is 4.62. The Kier molecular flexibility index (Phi) is 5.98. The lowest BCUT2D eigenvalue weighted by Crippen LogP contribution is -2.51. The fourth-order valence-corrected chi connectivity index (χ4v) is 2.94. The molecule has 128 valence electrons. The number of carbonyl (C=O) groups excluding carboxylic acids is 2. The number of ether oxygens (including phenoxy) is 1. The zero-order valence-electron chi connectivity index (χ0n) is 13.2. The van der Waals surface area contributed by atoms with Gasteiger partial charge in [0.2, 0.25) is 0 Å². The van der Waals surface area contributed by atoms with Gasteiger partial charge in [-0.3, -0.25) is 4.79 Å². The lowest BCUT2D eigenvalue weighted by atomic mass is 10.0. The number of nitrogens with one attached hydrogen (secondary N) is 1. The normalized spacial score (nSPS) is 16.6. The largest absolute Gasteiger partial charge is 0.433 e. The van der Waals surface area contributed by atoms with Crippen molar-refractivity contribution < 1.29 is 14.3 Å². The minimum absolute atomic E-state index is 0.366. The lowest BCUT2D eigenvalue weighted by Gasteiger charge is -2.27. The number of halogens is 2. The summed E-state index contributed by atoms with van der Waals surface area (Å²) in [4.78, 5) is 23.6. The summed E-state index contributed by atoms with van der Waals surface area (Å²) < 4.78 is 5.10. The van der Waals surface area contributed by atoms with Crippen molar-refractivity contribution in [1.82, 2.24) is 5.32 Å². The van der Waals surface area contributed by atoms with Gasteiger partial charge in [0, 0.05) is 5.56 Å². The van der Waals surface area contributed by atoms with Gasteiger partial charge in [0.15, 0.2) is 5.60 Å². The van der Waals surface area contributed by atoms with Crippen LogP contribution in [0.4, 0.5) is 4.79 Å². The molecule has 3 N–H and O–H groups in total. The minimum atomic E-state index is -1.18. The molecule has 0 heterocycles. The number of hydrogen-bond donors (Lipinski definition) is 2. The Hall–Kier alpha value is -1.90. The molecule has 0 saturated heterocycles. The van der Waals surface area contributed by atoms with Crippen molar-refractivity contribution in [3.8, 4) is 11.8 Å². The van der Waals surface area contributed by atoms with Crippen LogP contribution in [0.1, 0.15) is 38.2 Å². The number of primary amides is 1. The maximum absolute atomic E-state index is 12.5. The van der Waals surface area contributed by atoms with Crippen LogP contribution < -0.4 is 11.1 Å². The number of hydrogen-bond acceptors (Lipinski definition) is 3. The van der Waals surface area contributed by atoms with Crippen molar-refractivity contribution >= 4 is 35.2 Å². The maximum Gasteiger partial charge on any atom is 0.405 e. The van der Waals surface area contributed by atoms with Crippen LogP contribution in [0.25, 0.3) is 0 Å². The monoisotopic (exact) mass is 368 g/mol. The highest BCUT2D eigenvalue weighted by atomic mass is 35.5. The van der Waals surface area contributed by atoms with Crippen molar-refractivity contribution in [3.63, 3.8) is 0 Å². The quantitative estimate of drug-likeness (QED) is 0.803. The average Bonchev–Trinajstić information content (AvgIpc) is 2.97. The van der Waals surface area contributed by atoms with Crippen molar-refractivity contribution in [3.05, 3.63) is 33.8 Å². The van der Waals surface area contributed by atoms with Gasteiger partial charge >= 0.3 is 6.09 Å². The van der Waals surface area contributed by atoms with E-state index in [1.54, 1.807) is 25.1 Å². The van der Waals surface area contributed by atoms with Crippen molar-refractivity contribution in [1.29, 1.82) is 0 Å². The number of rotatable bonds is 3. The first-order valence-corrected chi connectivity index (χ1v) is 8.34. The Morgan fingerprint density at radius 2 is 1.96 bits per heavy atom. The second kappa shape index (κ2) is 7.78. The van der Waals surface area contributed by atoms with Gasteiger partial charge in [-0.05, 0) is 50.8 Å². The number of benzene rings is 1. The molecule has 7 heteroatoms. The van der Waals surface area contributed by atoms with Crippen molar-refractivity contribution in [2.45, 2.75) is 44.2 Å². The molecule has 0 spiro atoms. The molecule has 0 radical (unpaired) electrons. The van der Waals surface area contributed by atoms with Crippen LogP contribution in [-0.4, -0.2) is 23.6 Å². The second-order valence-corrected chi connectivity index (χ2v) is 6.53. The first-order valence-electron chi connectivity index (χ1n) is 7.58. The topological polar surface area (TPSA) is 81.4 Å². The van der Waals surface area contributed by atoms with Crippen LogP contribution in [-0.2, 0) is 9.53 Å². The van der Waals surface area contributed by atoms with Crippen molar-refractivity contribution in [2.24, 2.45) is 5.73 Å². The molecule has 5 nitrogen and oxygen atoms in total. The summed E-state index contributed by atoms with van der Waals surface area (Å²) in [5.41, 5.74) is 4.61. The Balaban J connectivity index is 2.04. The predicted molar refractivity (Wildman–Crippen MR) is 92.8 cm³/mol. The van der Waals surface area contributed by atoms with Gasteiger partial charge in [-0.2, -0.15) is 0 Å². The first-order chi connectivity index (χ1) is 11.3. The fourth-order valence-electron chi connectivity index (χ4n) is 2.64. The van der Waals surface area contributed by atoms with E-state index in [-0.39, 0.29) is 5.91 Å². The molecule has 0 aliphatic heterocycles. The van der Waals surface area contributed by atoms with Gasteiger partial charge in [-0.25, -0.2) is 4.79 Å². The maximum atomic E-state index is 12.5. The van der Waals surface area contributed by atoms with E-state index in [0.29, 0.717) is 28.5 Å². The smallest absolute Gasteiger partial charge is 0.405 e. The highest BCUT2D eigenvalue weighted by Gasteiger charge is 2.44. The molecule has 1 saturated carbocycles. The molecule has 1 fully saturated rings. The summed E-state index contributed by atoms with van der Waals surface area (Å²) in [5, 5.41) is 3.63. The Morgan fingerprint density at radius 3 is 2.54 bits per heavy atom. The van der Waals surface area contributed by atoms with E-state index in [9.17, 15) is 9.59 Å². The molecule has 1 atom stereocenters. The molecule has 2 rings (SSSR count). The Morgan fingerprint density at radius 1 is 1.29 bits per heavy atom. The van der Waals surface area contributed by atoms with Gasteiger partial charge in [-0.1, -0.05) is 35.0 Å². The standard InChI is InChI=1S/C17H18Cl2N2O3/c1-11(4-5-12-6-7-13(18)14(19)10-12)21-15(22)17(24-16(20)23)8-2-3-9-17/h6-7,10-11H,2-3,8-9H2,1H3,(H2,20,23)(H,21,22). The molecule has 0 bridgehead atoms. The van der Waals surface area contributed by atoms with E-state index < -0.39 is 17.7 Å². The molecule has 1 unspecified atom stereocenters. The molecule has 1 aliphatic rings. The van der Waals surface area contributed by atoms with E-state index in [2.05, 4.69) is 17.2 Å². The summed E-state index contributed by atoms with van der Waals surface area (Å²) in [7, 11) is 0. The predicted octanol–water partition coefficient (Wildman–Crippen LogP) is 3.26. The lowest BCUT2D eigenvalue weighted by molar-refractivity contribution is -0.139. The Labute approximate surface area is 150 Å². The number of nitrogens with two attached hydrogens (primary N) is 1. The second-order valence-electron chi connectivity index (χ2n) is 5.72. The fraction of sp³-hybridized carbons (Fsp3) is 0.412. The van der Waals surface area contributed by atoms with E-state index in [4.69, 9.17) is 33.7 Å². The summed E-state index contributed by atoms with van der Waals surface area (Å²) in [6.45, 7) is 1.75. The van der Waals surface area contributed by atoms with Gasteiger partial charge in [-0.15, -0.1) is 0 Å². The third kappa shape index (κ3) is 4.56. The van der Waals surface area contributed by atoms with Gasteiger partial charge in [0.25, 0.3) is 5.91 Å². The molecule has 24 heavy (non-hydrogen) atoms. The van der Waals surface area contributed by atoms with Gasteiger partial charge < -0.3 is 15.8 Å². The zero-order chi connectivity index (χ0) is 17.7. The SMILES string of the molecule is CC(C#Cc1ccc(Cl)c(Cl)c1)NC(=O)C1(OC(N)=O)CCCC1. The summed E-state index contributed by atoms with van der Waals surface area (Å²) in [6.07, 6.45) is 1.61. The van der Waals surface area contributed by atoms with Crippen molar-refractivity contribution in [2.75, 3.05) is 0 Å². The molecular formula is C17H18Cl2N2O3. The van der Waals surface area contributed by atoms with Gasteiger partial charge in [0.05, 0.1) is 16.1 Å².